The van der Waals surface area contributed by atoms with Crippen LogP contribution in [-0.2, 0) is 16.0 Å². The summed E-state index contributed by atoms with van der Waals surface area (Å²) in [5, 5.41) is 0. The Morgan fingerprint density at radius 3 is 2.69 bits per heavy atom. The Kier molecular flexibility index (Phi) is 4.98. The molecule has 4 rings (SSSR count). The molecule has 2 heterocycles. The number of halogens is 2. The first-order valence-corrected chi connectivity index (χ1v) is 10.3. The van der Waals surface area contributed by atoms with E-state index in [0.717, 1.165) is 10.5 Å². The van der Waals surface area contributed by atoms with Crippen molar-refractivity contribution in [1.82, 2.24) is 4.90 Å². The molecule has 0 saturated carbocycles. The molecule has 0 aromatic heterocycles. The van der Waals surface area contributed by atoms with Crippen LogP contribution in [0.2, 0.25) is 0 Å². The maximum absolute atomic E-state index is 13.3. The van der Waals surface area contributed by atoms with Gasteiger partial charge < -0.3 is 14.4 Å². The van der Waals surface area contributed by atoms with Crippen LogP contribution in [0, 0.1) is 5.92 Å². The van der Waals surface area contributed by atoms with Gasteiger partial charge in [-0.25, -0.2) is 0 Å². The third kappa shape index (κ3) is 3.69. The van der Waals surface area contributed by atoms with Crippen LogP contribution in [0.3, 0.4) is 0 Å². The number of hydrogen-bond acceptors (Lipinski definition) is 5. The fourth-order valence-corrected chi connectivity index (χ4v) is 4.52. The number of likely N-dealkylation sites (N-methyl/N-ethyl adjacent to an activating group) is 1. The third-order valence-corrected chi connectivity index (χ3v) is 6.11. The lowest BCUT2D eigenvalue weighted by molar-refractivity contribution is -0.286. The average molecular weight is 419 g/mol. The van der Waals surface area contributed by atoms with E-state index in [0.29, 0.717) is 12.1 Å². The summed E-state index contributed by atoms with van der Waals surface area (Å²) in [6.07, 6.45) is -1.64. The SMILES string of the molecule is CSc1ccccc1CC(=O)[C@H]1C(=O)N(C)C[C@@H]1c1ccc2c(c1)OC(F)(F)O2. The first-order valence-electron chi connectivity index (χ1n) is 9.08. The second-order valence-corrected chi connectivity index (χ2v) is 7.98. The van der Waals surface area contributed by atoms with Crippen LogP contribution < -0.4 is 9.47 Å². The zero-order valence-corrected chi connectivity index (χ0v) is 16.7. The van der Waals surface area contributed by atoms with Gasteiger partial charge in [-0.05, 0) is 35.6 Å². The van der Waals surface area contributed by atoms with E-state index in [-0.39, 0.29) is 29.6 Å². The highest BCUT2D eigenvalue weighted by Gasteiger charge is 2.46. The van der Waals surface area contributed by atoms with E-state index in [9.17, 15) is 18.4 Å². The Morgan fingerprint density at radius 1 is 1.21 bits per heavy atom. The Labute approximate surface area is 171 Å². The smallest absolute Gasteiger partial charge is 0.395 e. The molecule has 0 aliphatic carbocycles. The number of fused-ring (bicyclic) bond motifs is 1. The van der Waals surface area contributed by atoms with Crippen molar-refractivity contribution in [2.24, 2.45) is 5.92 Å². The minimum Gasteiger partial charge on any atom is -0.395 e. The molecule has 2 aromatic carbocycles. The standard InChI is InChI=1S/C21H19F2NO4S/c1-24-11-14(12-7-8-16-17(10-12)28-21(22,23)27-16)19(20(24)26)15(25)9-13-5-3-4-6-18(13)29-2/h3-8,10,14,19H,9,11H2,1-2H3/t14-,19+/m1/s1. The first kappa shape index (κ1) is 19.7. The molecule has 0 bridgehead atoms. The van der Waals surface area contributed by atoms with E-state index < -0.39 is 18.1 Å². The fourth-order valence-electron chi connectivity index (χ4n) is 3.90. The van der Waals surface area contributed by atoms with Gasteiger partial charge in [0.2, 0.25) is 5.91 Å². The minimum atomic E-state index is -3.71. The molecular formula is C21H19F2NO4S. The maximum atomic E-state index is 13.3. The van der Waals surface area contributed by atoms with Crippen LogP contribution in [0.4, 0.5) is 8.78 Å². The van der Waals surface area contributed by atoms with Crippen molar-refractivity contribution in [3.8, 4) is 11.5 Å². The number of nitrogens with zero attached hydrogens (tertiary/aromatic N) is 1. The second-order valence-electron chi connectivity index (χ2n) is 7.13. The highest BCUT2D eigenvalue weighted by molar-refractivity contribution is 7.98. The van der Waals surface area contributed by atoms with Gasteiger partial charge in [-0.3, -0.25) is 9.59 Å². The lowest BCUT2D eigenvalue weighted by Crippen LogP contribution is -2.29. The Bertz CT molecular complexity index is 981. The number of thioether (sulfide) groups is 1. The van der Waals surface area contributed by atoms with Crippen LogP contribution in [0.25, 0.3) is 0 Å². The average Bonchev–Trinajstić information content (AvgIpc) is 3.15. The van der Waals surface area contributed by atoms with Crippen LogP contribution in [0.5, 0.6) is 11.5 Å². The Hall–Kier alpha value is -2.61. The Morgan fingerprint density at radius 2 is 1.93 bits per heavy atom. The van der Waals surface area contributed by atoms with E-state index in [4.69, 9.17) is 0 Å². The third-order valence-electron chi connectivity index (χ3n) is 5.27. The molecule has 5 nitrogen and oxygen atoms in total. The number of hydrogen-bond donors (Lipinski definition) is 0. The molecule has 0 N–H and O–H groups in total. The molecule has 2 aromatic rings. The van der Waals surface area contributed by atoms with Crippen LogP contribution >= 0.6 is 11.8 Å². The second kappa shape index (κ2) is 7.33. The van der Waals surface area contributed by atoms with Gasteiger partial charge >= 0.3 is 6.29 Å². The molecule has 0 spiro atoms. The molecule has 0 radical (unpaired) electrons. The number of Topliss-reactive ketones (excluding diaryl/α,β-unsaturated/α-hetero) is 1. The lowest BCUT2D eigenvalue weighted by atomic mass is 9.83. The molecular weight excluding hydrogens is 400 g/mol. The normalized spacial score (nSPS) is 22.2. The molecule has 2 atom stereocenters. The Balaban J connectivity index is 1.62. The van der Waals surface area contributed by atoms with Crippen molar-refractivity contribution in [3.63, 3.8) is 0 Å². The van der Waals surface area contributed by atoms with Gasteiger partial charge in [-0.2, -0.15) is 0 Å². The molecule has 1 amide bonds. The summed E-state index contributed by atoms with van der Waals surface area (Å²) < 4.78 is 35.6. The number of benzene rings is 2. The highest BCUT2D eigenvalue weighted by atomic mass is 32.2. The zero-order chi connectivity index (χ0) is 20.8. The number of ether oxygens (including phenoxy) is 2. The summed E-state index contributed by atoms with van der Waals surface area (Å²) in [5.41, 5.74) is 1.47. The number of ketones is 1. The van der Waals surface area contributed by atoms with Gasteiger partial charge in [0.05, 0.1) is 0 Å². The molecule has 8 heteroatoms. The number of carbonyl (C=O) groups excluding carboxylic acids is 2. The number of carbonyl (C=O) groups is 2. The van der Waals surface area contributed by atoms with Crippen molar-refractivity contribution in [2.75, 3.05) is 19.8 Å². The van der Waals surface area contributed by atoms with Crippen molar-refractivity contribution >= 4 is 23.5 Å². The molecule has 1 fully saturated rings. The predicted molar refractivity (Wildman–Crippen MR) is 103 cm³/mol. The predicted octanol–water partition coefficient (Wildman–Crippen LogP) is 3.71. The summed E-state index contributed by atoms with van der Waals surface area (Å²) in [4.78, 5) is 28.4. The van der Waals surface area contributed by atoms with Crippen molar-refractivity contribution in [2.45, 2.75) is 23.5 Å². The number of likely N-dealkylation sites (tertiary alicyclic amines) is 1. The first-order chi connectivity index (χ1) is 13.8. The number of alkyl halides is 2. The maximum Gasteiger partial charge on any atom is 0.586 e. The van der Waals surface area contributed by atoms with Gasteiger partial charge in [0.25, 0.3) is 0 Å². The summed E-state index contributed by atoms with van der Waals surface area (Å²) >= 11 is 1.54. The quantitative estimate of drug-likeness (QED) is 0.546. The van der Waals surface area contributed by atoms with Crippen molar-refractivity contribution in [1.29, 1.82) is 0 Å². The van der Waals surface area contributed by atoms with E-state index >= 15 is 0 Å². The van der Waals surface area contributed by atoms with Gasteiger partial charge in [0.15, 0.2) is 11.5 Å². The summed E-state index contributed by atoms with van der Waals surface area (Å²) in [7, 11) is 1.64. The largest absolute Gasteiger partial charge is 0.586 e. The summed E-state index contributed by atoms with van der Waals surface area (Å²) in [6.45, 7) is 0.329. The number of amides is 1. The van der Waals surface area contributed by atoms with E-state index in [1.165, 1.54) is 17.0 Å². The fraction of sp³-hybridized carbons (Fsp3) is 0.333. The van der Waals surface area contributed by atoms with Crippen molar-refractivity contribution < 1.29 is 27.8 Å². The van der Waals surface area contributed by atoms with Crippen LogP contribution in [0.1, 0.15) is 17.0 Å². The molecule has 2 aliphatic heterocycles. The van der Waals surface area contributed by atoms with Gasteiger partial charge in [-0.15, -0.1) is 20.5 Å². The number of rotatable bonds is 5. The molecule has 152 valence electrons. The highest BCUT2D eigenvalue weighted by Crippen LogP contribution is 2.44. The van der Waals surface area contributed by atoms with Crippen LogP contribution in [0.15, 0.2) is 47.4 Å². The van der Waals surface area contributed by atoms with Gasteiger partial charge in [0.1, 0.15) is 11.7 Å². The molecule has 29 heavy (non-hydrogen) atoms. The van der Waals surface area contributed by atoms with Crippen molar-refractivity contribution in [3.05, 3.63) is 53.6 Å². The lowest BCUT2D eigenvalue weighted by Gasteiger charge is -2.17. The van der Waals surface area contributed by atoms with Crippen LogP contribution in [-0.4, -0.2) is 42.7 Å². The topological polar surface area (TPSA) is 55.8 Å². The van der Waals surface area contributed by atoms with Gasteiger partial charge in [-0.1, -0.05) is 24.3 Å². The molecule has 2 aliphatic rings. The molecule has 1 saturated heterocycles. The summed E-state index contributed by atoms with van der Waals surface area (Å²) in [5.74, 6) is -1.90. The zero-order valence-electron chi connectivity index (χ0n) is 15.9. The van der Waals surface area contributed by atoms with Gasteiger partial charge in [0, 0.05) is 30.8 Å². The summed E-state index contributed by atoms with van der Waals surface area (Å²) in [6, 6.07) is 12.0. The van der Waals surface area contributed by atoms with E-state index in [2.05, 4.69) is 9.47 Å². The van der Waals surface area contributed by atoms with E-state index in [1.807, 2.05) is 30.5 Å². The monoisotopic (exact) mass is 419 g/mol. The van der Waals surface area contributed by atoms with E-state index in [1.54, 1.807) is 24.9 Å². The minimum absolute atomic E-state index is 0.0618. The molecule has 0 unspecified atom stereocenters.